The summed E-state index contributed by atoms with van der Waals surface area (Å²) < 4.78 is 11.9. The molecule has 0 amide bonds. The Labute approximate surface area is 146 Å². The fraction of sp³-hybridized carbons (Fsp3) is 0.0435. The van der Waals surface area contributed by atoms with Crippen LogP contribution >= 0.6 is 0 Å². The zero-order valence-electron chi connectivity index (χ0n) is 13.6. The fourth-order valence-electron chi connectivity index (χ4n) is 3.35. The number of ether oxygens (including phenoxy) is 2. The van der Waals surface area contributed by atoms with Crippen molar-refractivity contribution in [1.29, 1.82) is 0 Å². The lowest BCUT2D eigenvalue weighted by Gasteiger charge is -2.21. The summed E-state index contributed by atoms with van der Waals surface area (Å²) >= 11 is 0. The topological polar surface area (TPSA) is 18.5 Å². The summed E-state index contributed by atoms with van der Waals surface area (Å²) in [6.07, 6.45) is 0.861. The number of fused-ring (bicyclic) bond motifs is 3. The third-order valence-corrected chi connectivity index (χ3v) is 4.57. The van der Waals surface area contributed by atoms with E-state index in [9.17, 15) is 0 Å². The van der Waals surface area contributed by atoms with Crippen LogP contribution in [0.5, 0.6) is 23.0 Å². The van der Waals surface area contributed by atoms with Crippen LogP contribution in [0.15, 0.2) is 84.9 Å². The van der Waals surface area contributed by atoms with Gasteiger partial charge >= 0.3 is 0 Å². The molecule has 0 bridgehead atoms. The average molecular weight is 324 g/mol. The molecule has 1 aliphatic heterocycles. The average Bonchev–Trinajstić information content (AvgIpc) is 2.67. The minimum Gasteiger partial charge on any atom is -0.450 e. The van der Waals surface area contributed by atoms with Gasteiger partial charge in [-0.2, -0.15) is 0 Å². The van der Waals surface area contributed by atoms with Gasteiger partial charge in [0.25, 0.3) is 0 Å². The van der Waals surface area contributed by atoms with Gasteiger partial charge in [-0.25, -0.2) is 0 Å². The Morgan fingerprint density at radius 3 is 2.12 bits per heavy atom. The molecule has 0 N–H and O–H groups in total. The van der Waals surface area contributed by atoms with Crippen molar-refractivity contribution in [2.24, 2.45) is 0 Å². The van der Waals surface area contributed by atoms with Crippen molar-refractivity contribution in [3.63, 3.8) is 0 Å². The highest BCUT2D eigenvalue weighted by Gasteiger charge is 2.18. The molecule has 2 heteroatoms. The third-order valence-electron chi connectivity index (χ3n) is 4.57. The van der Waals surface area contributed by atoms with Gasteiger partial charge in [0.05, 0.1) is 0 Å². The van der Waals surface area contributed by atoms with Crippen molar-refractivity contribution < 1.29 is 9.47 Å². The molecule has 0 spiro atoms. The van der Waals surface area contributed by atoms with E-state index in [1.807, 2.05) is 30.3 Å². The van der Waals surface area contributed by atoms with E-state index in [1.54, 1.807) is 0 Å². The van der Waals surface area contributed by atoms with E-state index >= 15 is 0 Å². The van der Waals surface area contributed by atoms with Gasteiger partial charge in [-0.3, -0.25) is 0 Å². The van der Waals surface area contributed by atoms with Gasteiger partial charge in [-0.1, -0.05) is 60.7 Å². The SMILES string of the molecule is c1ccc2c(c1)Oc1ccc(Cc3cccc4ccccc34)cc1O2. The molecule has 0 aliphatic carbocycles. The first-order valence-electron chi connectivity index (χ1n) is 8.41. The molecule has 0 fully saturated rings. The first-order chi connectivity index (χ1) is 12.4. The quantitative estimate of drug-likeness (QED) is 0.378. The van der Waals surface area contributed by atoms with E-state index in [4.69, 9.17) is 9.47 Å². The highest BCUT2D eigenvalue weighted by molar-refractivity contribution is 5.86. The van der Waals surface area contributed by atoms with Gasteiger partial charge in [0.1, 0.15) is 0 Å². The van der Waals surface area contributed by atoms with E-state index in [2.05, 4.69) is 54.6 Å². The van der Waals surface area contributed by atoms with E-state index < -0.39 is 0 Å². The van der Waals surface area contributed by atoms with Gasteiger partial charge < -0.3 is 9.47 Å². The van der Waals surface area contributed by atoms with Crippen LogP contribution in [0.1, 0.15) is 11.1 Å². The number of rotatable bonds is 2. The van der Waals surface area contributed by atoms with E-state index in [0.29, 0.717) is 0 Å². The summed E-state index contributed by atoms with van der Waals surface area (Å²) in [5, 5.41) is 2.57. The predicted molar refractivity (Wildman–Crippen MR) is 99.8 cm³/mol. The summed E-state index contributed by atoms with van der Waals surface area (Å²) in [4.78, 5) is 0. The normalized spacial score (nSPS) is 12.0. The van der Waals surface area contributed by atoms with Crippen LogP contribution in [0.2, 0.25) is 0 Å². The highest BCUT2D eigenvalue weighted by atomic mass is 16.6. The van der Waals surface area contributed by atoms with Crippen molar-refractivity contribution in [2.75, 3.05) is 0 Å². The molecule has 120 valence electrons. The second-order valence-corrected chi connectivity index (χ2v) is 6.25. The minimum atomic E-state index is 0.761. The van der Waals surface area contributed by atoms with Crippen LogP contribution in [0.25, 0.3) is 10.8 Å². The lowest BCUT2D eigenvalue weighted by molar-refractivity contribution is 0.359. The number of benzene rings is 4. The summed E-state index contributed by atoms with van der Waals surface area (Å²) in [6.45, 7) is 0. The molecular weight excluding hydrogens is 308 g/mol. The van der Waals surface area contributed by atoms with Crippen molar-refractivity contribution in [3.8, 4) is 23.0 Å². The Bertz CT molecular complexity index is 1080. The van der Waals surface area contributed by atoms with E-state index in [0.717, 1.165) is 29.4 Å². The summed E-state index contributed by atoms with van der Waals surface area (Å²) in [5.74, 6) is 3.06. The first-order valence-corrected chi connectivity index (χ1v) is 8.41. The first kappa shape index (κ1) is 14.1. The summed E-state index contributed by atoms with van der Waals surface area (Å²) in [6, 6.07) is 28.9. The van der Waals surface area contributed by atoms with Crippen molar-refractivity contribution >= 4 is 10.8 Å². The Morgan fingerprint density at radius 1 is 0.560 bits per heavy atom. The van der Waals surface area contributed by atoms with E-state index in [1.165, 1.54) is 21.9 Å². The van der Waals surface area contributed by atoms with Crippen LogP contribution < -0.4 is 9.47 Å². The molecule has 0 radical (unpaired) electrons. The monoisotopic (exact) mass is 324 g/mol. The fourth-order valence-corrected chi connectivity index (χ4v) is 3.35. The molecule has 0 saturated heterocycles. The van der Waals surface area contributed by atoms with Crippen LogP contribution in [-0.2, 0) is 6.42 Å². The third kappa shape index (κ3) is 2.52. The second kappa shape index (κ2) is 5.67. The zero-order chi connectivity index (χ0) is 16.6. The molecule has 25 heavy (non-hydrogen) atoms. The maximum atomic E-state index is 6.02. The zero-order valence-corrected chi connectivity index (χ0v) is 13.6. The van der Waals surface area contributed by atoms with Gasteiger partial charge in [0.2, 0.25) is 0 Å². The van der Waals surface area contributed by atoms with Gasteiger partial charge in [-0.15, -0.1) is 0 Å². The molecule has 0 atom stereocenters. The number of hydrogen-bond acceptors (Lipinski definition) is 2. The second-order valence-electron chi connectivity index (χ2n) is 6.25. The molecule has 4 aromatic carbocycles. The standard InChI is InChI=1S/C23H16O2/c1-2-9-19-17(6-1)7-5-8-18(19)14-16-12-13-22-23(15-16)25-21-11-4-3-10-20(21)24-22/h1-13,15H,14H2. The predicted octanol–water partition coefficient (Wildman–Crippen LogP) is 6.33. The molecule has 0 saturated carbocycles. The Morgan fingerprint density at radius 2 is 1.24 bits per heavy atom. The van der Waals surface area contributed by atoms with Crippen LogP contribution in [0.3, 0.4) is 0 Å². The van der Waals surface area contributed by atoms with Crippen molar-refractivity contribution in [1.82, 2.24) is 0 Å². The Hall–Kier alpha value is -3.26. The molecule has 1 heterocycles. The van der Waals surface area contributed by atoms with E-state index in [-0.39, 0.29) is 0 Å². The van der Waals surface area contributed by atoms with Gasteiger partial charge in [0.15, 0.2) is 23.0 Å². The summed E-state index contributed by atoms with van der Waals surface area (Å²) in [5.41, 5.74) is 2.52. The van der Waals surface area contributed by atoms with Crippen LogP contribution in [-0.4, -0.2) is 0 Å². The molecule has 2 nitrogen and oxygen atoms in total. The van der Waals surface area contributed by atoms with Crippen molar-refractivity contribution in [2.45, 2.75) is 6.42 Å². The molecule has 1 aliphatic rings. The lowest BCUT2D eigenvalue weighted by Crippen LogP contribution is -2.00. The Balaban J connectivity index is 1.50. The maximum Gasteiger partial charge on any atom is 0.170 e. The van der Waals surface area contributed by atoms with Crippen molar-refractivity contribution in [3.05, 3.63) is 96.1 Å². The number of hydrogen-bond donors (Lipinski definition) is 0. The maximum absolute atomic E-state index is 6.02. The summed E-state index contributed by atoms with van der Waals surface area (Å²) in [7, 11) is 0. The minimum absolute atomic E-state index is 0.761. The van der Waals surface area contributed by atoms with Gasteiger partial charge in [0, 0.05) is 0 Å². The molecule has 0 unspecified atom stereocenters. The van der Waals surface area contributed by atoms with Crippen LogP contribution in [0, 0.1) is 0 Å². The van der Waals surface area contributed by atoms with Gasteiger partial charge in [-0.05, 0) is 52.6 Å². The largest absolute Gasteiger partial charge is 0.450 e. The number of para-hydroxylation sites is 2. The highest BCUT2D eigenvalue weighted by Crippen LogP contribution is 2.45. The lowest BCUT2D eigenvalue weighted by atomic mass is 9.98. The molecule has 0 aromatic heterocycles. The smallest absolute Gasteiger partial charge is 0.170 e. The molecular formula is C23H16O2. The molecule has 4 aromatic rings. The van der Waals surface area contributed by atoms with Crippen LogP contribution in [0.4, 0.5) is 0 Å². The Kier molecular flexibility index (Phi) is 3.20. The molecule has 5 rings (SSSR count).